The Morgan fingerprint density at radius 1 is 1.00 bits per heavy atom. The Kier molecular flexibility index (Phi) is 4.24. The molecule has 116 valence electrons. The summed E-state index contributed by atoms with van der Waals surface area (Å²) in [5.41, 5.74) is 0. The lowest BCUT2D eigenvalue weighted by atomic mass is 10.3. The molecule has 1 aliphatic rings. The number of anilines is 1. The van der Waals surface area contributed by atoms with Gasteiger partial charge in [-0.3, -0.25) is 0 Å². The predicted molar refractivity (Wildman–Crippen MR) is 79.8 cm³/mol. The zero-order valence-corrected chi connectivity index (χ0v) is 13.0. The molecule has 0 aliphatic carbocycles. The van der Waals surface area contributed by atoms with E-state index in [0.29, 0.717) is 13.1 Å². The van der Waals surface area contributed by atoms with Crippen LogP contribution in [0.1, 0.15) is 12.8 Å². The van der Waals surface area contributed by atoms with Crippen molar-refractivity contribution in [3.8, 4) is 11.5 Å². The van der Waals surface area contributed by atoms with Crippen molar-refractivity contribution in [2.24, 2.45) is 0 Å². The van der Waals surface area contributed by atoms with Gasteiger partial charge in [0.05, 0.1) is 0 Å². The van der Waals surface area contributed by atoms with Crippen molar-refractivity contribution in [1.82, 2.24) is 4.98 Å². The van der Waals surface area contributed by atoms with Gasteiger partial charge in [-0.1, -0.05) is 15.9 Å². The molecular formula is C15H12BrF3N2O. The number of halogens is 4. The van der Waals surface area contributed by atoms with Gasteiger partial charge in [0.1, 0.15) is 5.75 Å². The molecule has 2 heterocycles. The Labute approximate surface area is 133 Å². The highest BCUT2D eigenvalue weighted by atomic mass is 79.9. The molecule has 0 atom stereocenters. The SMILES string of the molecule is Fc1nc(N2CCCC2)c(F)c(Oc2ccc(Br)cc2)c1F. The summed E-state index contributed by atoms with van der Waals surface area (Å²) in [6.45, 7) is 1.12. The quantitative estimate of drug-likeness (QED) is 0.733. The molecule has 0 amide bonds. The van der Waals surface area contributed by atoms with Crippen molar-refractivity contribution in [3.05, 3.63) is 46.3 Å². The zero-order valence-electron chi connectivity index (χ0n) is 11.5. The number of rotatable bonds is 3. The van der Waals surface area contributed by atoms with E-state index in [1.807, 2.05) is 0 Å². The lowest BCUT2D eigenvalue weighted by Crippen LogP contribution is -2.21. The van der Waals surface area contributed by atoms with Crippen LogP contribution in [-0.4, -0.2) is 18.1 Å². The van der Waals surface area contributed by atoms with Crippen LogP contribution in [0, 0.1) is 17.6 Å². The Morgan fingerprint density at radius 2 is 1.64 bits per heavy atom. The highest BCUT2D eigenvalue weighted by Crippen LogP contribution is 2.34. The first-order valence-corrected chi connectivity index (χ1v) is 7.58. The standard InChI is InChI=1S/C15H12BrF3N2O/c16-9-3-5-10(6-4-9)22-13-11(17)14(19)20-15(12(13)18)21-7-1-2-8-21/h3-6H,1-2,7-8H2. The van der Waals surface area contributed by atoms with Crippen LogP contribution in [0.2, 0.25) is 0 Å². The number of benzene rings is 1. The molecule has 3 rings (SSSR count). The lowest BCUT2D eigenvalue weighted by molar-refractivity contribution is 0.375. The van der Waals surface area contributed by atoms with Gasteiger partial charge in [-0.05, 0) is 37.1 Å². The molecule has 0 saturated carbocycles. The Hall–Kier alpha value is -1.76. The van der Waals surface area contributed by atoms with Gasteiger partial charge in [0.25, 0.3) is 5.95 Å². The Balaban J connectivity index is 2.00. The van der Waals surface area contributed by atoms with E-state index in [1.165, 1.54) is 12.1 Å². The van der Waals surface area contributed by atoms with Gasteiger partial charge in [-0.2, -0.15) is 18.2 Å². The Bertz CT molecular complexity index is 688. The Morgan fingerprint density at radius 3 is 2.27 bits per heavy atom. The first-order chi connectivity index (χ1) is 10.6. The predicted octanol–water partition coefficient (Wildman–Crippen LogP) is 4.65. The topological polar surface area (TPSA) is 25.4 Å². The minimum absolute atomic E-state index is 0.205. The summed E-state index contributed by atoms with van der Waals surface area (Å²) in [6, 6.07) is 6.36. The molecule has 0 radical (unpaired) electrons. The number of pyridine rings is 1. The van der Waals surface area contributed by atoms with Gasteiger partial charge >= 0.3 is 0 Å². The maximum Gasteiger partial charge on any atom is 0.255 e. The summed E-state index contributed by atoms with van der Waals surface area (Å²) in [7, 11) is 0. The van der Waals surface area contributed by atoms with E-state index in [1.54, 1.807) is 17.0 Å². The molecule has 0 N–H and O–H groups in total. The van der Waals surface area contributed by atoms with Gasteiger partial charge < -0.3 is 9.64 Å². The van der Waals surface area contributed by atoms with E-state index in [4.69, 9.17) is 4.74 Å². The van der Waals surface area contributed by atoms with Gasteiger partial charge in [0.2, 0.25) is 17.4 Å². The molecule has 0 spiro atoms. The van der Waals surface area contributed by atoms with Crippen LogP contribution in [0.15, 0.2) is 28.7 Å². The van der Waals surface area contributed by atoms with Crippen molar-refractivity contribution in [2.75, 3.05) is 18.0 Å². The maximum atomic E-state index is 14.5. The molecule has 3 nitrogen and oxygen atoms in total. The van der Waals surface area contributed by atoms with Gasteiger partial charge in [-0.15, -0.1) is 0 Å². The second-order valence-electron chi connectivity index (χ2n) is 4.93. The zero-order chi connectivity index (χ0) is 15.7. The summed E-state index contributed by atoms with van der Waals surface area (Å²) in [5.74, 6) is -4.54. The van der Waals surface area contributed by atoms with Crippen LogP contribution in [-0.2, 0) is 0 Å². The lowest BCUT2D eigenvalue weighted by Gasteiger charge is -2.19. The van der Waals surface area contributed by atoms with E-state index in [-0.39, 0.29) is 11.6 Å². The fourth-order valence-corrected chi connectivity index (χ4v) is 2.60. The van der Waals surface area contributed by atoms with E-state index in [2.05, 4.69) is 20.9 Å². The minimum Gasteiger partial charge on any atom is -0.451 e. The minimum atomic E-state index is -1.43. The summed E-state index contributed by atoms with van der Waals surface area (Å²) < 4.78 is 48.0. The van der Waals surface area contributed by atoms with Gasteiger partial charge in [0.15, 0.2) is 5.82 Å². The van der Waals surface area contributed by atoms with Crippen LogP contribution in [0.5, 0.6) is 11.5 Å². The molecule has 0 unspecified atom stereocenters. The number of hydrogen-bond donors (Lipinski definition) is 0. The van der Waals surface area contributed by atoms with Crippen molar-refractivity contribution in [3.63, 3.8) is 0 Å². The third-order valence-electron chi connectivity index (χ3n) is 3.42. The summed E-state index contributed by atoms with van der Waals surface area (Å²) >= 11 is 3.25. The number of aromatic nitrogens is 1. The number of ether oxygens (including phenoxy) is 1. The smallest absolute Gasteiger partial charge is 0.255 e. The van der Waals surface area contributed by atoms with E-state index < -0.39 is 23.3 Å². The van der Waals surface area contributed by atoms with Crippen molar-refractivity contribution < 1.29 is 17.9 Å². The third-order valence-corrected chi connectivity index (χ3v) is 3.95. The second kappa shape index (κ2) is 6.16. The summed E-state index contributed by atoms with van der Waals surface area (Å²) in [4.78, 5) is 4.98. The molecule has 1 aliphatic heterocycles. The fraction of sp³-hybridized carbons (Fsp3) is 0.267. The van der Waals surface area contributed by atoms with Crippen LogP contribution in [0.3, 0.4) is 0 Å². The fourth-order valence-electron chi connectivity index (χ4n) is 2.33. The van der Waals surface area contributed by atoms with E-state index in [9.17, 15) is 13.2 Å². The second-order valence-corrected chi connectivity index (χ2v) is 5.85. The van der Waals surface area contributed by atoms with Crippen molar-refractivity contribution in [1.29, 1.82) is 0 Å². The monoisotopic (exact) mass is 372 g/mol. The van der Waals surface area contributed by atoms with Crippen LogP contribution in [0.4, 0.5) is 19.0 Å². The van der Waals surface area contributed by atoms with Crippen molar-refractivity contribution in [2.45, 2.75) is 12.8 Å². The first-order valence-electron chi connectivity index (χ1n) is 6.79. The average molecular weight is 373 g/mol. The number of hydrogen-bond acceptors (Lipinski definition) is 3. The normalized spacial score (nSPS) is 14.5. The van der Waals surface area contributed by atoms with Crippen LogP contribution < -0.4 is 9.64 Å². The molecular weight excluding hydrogens is 361 g/mol. The molecule has 1 fully saturated rings. The van der Waals surface area contributed by atoms with Gasteiger partial charge in [-0.25, -0.2) is 0 Å². The highest BCUT2D eigenvalue weighted by Gasteiger charge is 2.27. The van der Waals surface area contributed by atoms with Gasteiger partial charge in [0, 0.05) is 17.6 Å². The molecule has 0 bridgehead atoms. The molecule has 2 aromatic rings. The summed E-state index contributed by atoms with van der Waals surface area (Å²) in [6.07, 6.45) is 1.73. The molecule has 7 heteroatoms. The number of nitrogens with zero attached hydrogens (tertiary/aromatic N) is 2. The van der Waals surface area contributed by atoms with E-state index >= 15 is 0 Å². The van der Waals surface area contributed by atoms with Crippen molar-refractivity contribution >= 4 is 21.7 Å². The molecule has 1 saturated heterocycles. The first kappa shape index (κ1) is 15.1. The van der Waals surface area contributed by atoms with Crippen LogP contribution in [0.25, 0.3) is 0 Å². The maximum absolute atomic E-state index is 14.5. The highest BCUT2D eigenvalue weighted by molar-refractivity contribution is 9.10. The molecule has 1 aromatic carbocycles. The average Bonchev–Trinajstić information content (AvgIpc) is 3.03. The molecule has 1 aromatic heterocycles. The van der Waals surface area contributed by atoms with Crippen LogP contribution >= 0.6 is 15.9 Å². The molecule has 22 heavy (non-hydrogen) atoms. The third kappa shape index (κ3) is 2.90. The largest absolute Gasteiger partial charge is 0.451 e. The summed E-state index contributed by atoms with van der Waals surface area (Å²) in [5, 5.41) is 0. The van der Waals surface area contributed by atoms with E-state index in [0.717, 1.165) is 17.3 Å².